The predicted octanol–water partition coefficient (Wildman–Crippen LogP) is 4.11. The molecule has 2 N–H and O–H groups in total. The average molecular weight is 337 g/mol. The Morgan fingerprint density at radius 3 is 2.60 bits per heavy atom. The molecule has 5 nitrogen and oxygen atoms in total. The van der Waals surface area contributed by atoms with Gasteiger partial charge in [-0.3, -0.25) is 0 Å². The van der Waals surface area contributed by atoms with Gasteiger partial charge in [-0.2, -0.15) is 4.98 Å². The molecule has 0 bridgehead atoms. The highest BCUT2D eigenvalue weighted by Gasteiger charge is 2.36. The molecule has 1 unspecified atom stereocenters. The minimum Gasteiger partial charge on any atom is -0.497 e. The first-order valence-corrected chi connectivity index (χ1v) is 8.80. The minimum absolute atomic E-state index is 0.0257. The van der Waals surface area contributed by atoms with Crippen LogP contribution in [-0.2, 0) is 5.54 Å². The van der Waals surface area contributed by atoms with Gasteiger partial charge >= 0.3 is 0 Å². The zero-order valence-electron chi connectivity index (χ0n) is 14.7. The van der Waals surface area contributed by atoms with Crippen LogP contribution in [-0.4, -0.2) is 17.3 Å². The van der Waals surface area contributed by atoms with Crippen molar-refractivity contribution >= 4 is 10.8 Å². The van der Waals surface area contributed by atoms with E-state index in [0.29, 0.717) is 11.7 Å². The normalized spacial score (nSPS) is 17.7. The summed E-state index contributed by atoms with van der Waals surface area (Å²) in [7, 11) is 1.68. The number of hydrogen-bond donors (Lipinski definition) is 1. The third-order valence-electron chi connectivity index (χ3n) is 5.32. The Labute approximate surface area is 147 Å². The molecular weight excluding hydrogens is 314 g/mol. The summed E-state index contributed by atoms with van der Waals surface area (Å²) in [6.45, 7) is 2.08. The van der Waals surface area contributed by atoms with E-state index in [1.165, 1.54) is 0 Å². The smallest absolute Gasteiger partial charge is 0.233 e. The van der Waals surface area contributed by atoms with E-state index in [0.717, 1.165) is 47.8 Å². The monoisotopic (exact) mass is 337 g/mol. The fourth-order valence-electron chi connectivity index (χ4n) is 3.62. The molecule has 0 saturated heterocycles. The first kappa shape index (κ1) is 16.1. The summed E-state index contributed by atoms with van der Waals surface area (Å²) in [5, 5.41) is 6.48. The van der Waals surface area contributed by atoms with Crippen molar-refractivity contribution in [1.29, 1.82) is 0 Å². The number of nitrogens with two attached hydrogens (primary N) is 1. The van der Waals surface area contributed by atoms with Crippen molar-refractivity contribution in [2.45, 2.75) is 44.1 Å². The summed E-state index contributed by atoms with van der Waals surface area (Å²) in [6, 6.07) is 12.4. The molecule has 0 radical (unpaired) electrons. The van der Waals surface area contributed by atoms with Gasteiger partial charge in [-0.05, 0) is 48.2 Å². The highest BCUT2D eigenvalue weighted by molar-refractivity contribution is 5.84. The number of hydrogen-bond acceptors (Lipinski definition) is 5. The van der Waals surface area contributed by atoms with Gasteiger partial charge in [0, 0.05) is 0 Å². The van der Waals surface area contributed by atoms with Crippen LogP contribution in [0.3, 0.4) is 0 Å². The predicted molar refractivity (Wildman–Crippen MR) is 96.6 cm³/mol. The van der Waals surface area contributed by atoms with E-state index < -0.39 is 5.54 Å². The molecule has 1 saturated carbocycles. The Hall–Kier alpha value is -2.40. The second-order valence-electron chi connectivity index (χ2n) is 7.01. The molecule has 1 heterocycles. The van der Waals surface area contributed by atoms with Crippen molar-refractivity contribution < 1.29 is 9.26 Å². The molecule has 1 aromatic heterocycles. The molecule has 1 fully saturated rings. The summed E-state index contributed by atoms with van der Waals surface area (Å²) in [6.07, 6.45) is 4.12. The fraction of sp³-hybridized carbons (Fsp3) is 0.400. The van der Waals surface area contributed by atoms with E-state index in [4.69, 9.17) is 15.0 Å². The molecule has 4 rings (SSSR count). The van der Waals surface area contributed by atoms with Crippen LogP contribution >= 0.6 is 0 Å². The lowest BCUT2D eigenvalue weighted by Gasteiger charge is -2.17. The number of fused-ring (bicyclic) bond motifs is 1. The second-order valence-corrected chi connectivity index (χ2v) is 7.01. The van der Waals surface area contributed by atoms with Crippen LogP contribution in [0.25, 0.3) is 10.8 Å². The number of aromatic nitrogens is 2. The standard InChI is InChI=1S/C20H23N3O2/c1-13(18-22-19(23-25-18)20(21)9-3-4-10-20)14-5-6-16-12-17(24-2)8-7-15(16)11-14/h5-8,11-13H,3-4,9-10,21H2,1-2H3. The van der Waals surface area contributed by atoms with Crippen molar-refractivity contribution in [2.24, 2.45) is 5.73 Å². The Balaban J connectivity index is 1.63. The fourth-order valence-corrected chi connectivity index (χ4v) is 3.62. The molecule has 2 aromatic carbocycles. The van der Waals surface area contributed by atoms with E-state index in [-0.39, 0.29) is 5.92 Å². The van der Waals surface area contributed by atoms with Gasteiger partial charge in [0.1, 0.15) is 5.75 Å². The Kier molecular flexibility index (Phi) is 3.96. The summed E-state index contributed by atoms with van der Waals surface area (Å²) in [4.78, 5) is 4.62. The van der Waals surface area contributed by atoms with E-state index in [1.807, 2.05) is 12.1 Å². The van der Waals surface area contributed by atoms with Crippen LogP contribution in [0.1, 0.15) is 55.8 Å². The summed E-state index contributed by atoms with van der Waals surface area (Å²) < 4.78 is 10.8. The van der Waals surface area contributed by atoms with Gasteiger partial charge < -0.3 is 15.0 Å². The van der Waals surface area contributed by atoms with Crippen LogP contribution in [0.5, 0.6) is 5.75 Å². The van der Waals surface area contributed by atoms with E-state index >= 15 is 0 Å². The summed E-state index contributed by atoms with van der Waals surface area (Å²) in [5.74, 6) is 2.16. The van der Waals surface area contributed by atoms with Gasteiger partial charge in [-0.1, -0.05) is 42.3 Å². The van der Waals surface area contributed by atoms with Gasteiger partial charge in [0.15, 0.2) is 5.82 Å². The molecule has 1 aliphatic carbocycles. The average Bonchev–Trinajstić information content (AvgIpc) is 3.30. The molecule has 1 aliphatic rings. The Morgan fingerprint density at radius 2 is 1.84 bits per heavy atom. The van der Waals surface area contributed by atoms with E-state index in [9.17, 15) is 0 Å². The largest absolute Gasteiger partial charge is 0.497 e. The Morgan fingerprint density at radius 1 is 1.12 bits per heavy atom. The molecule has 25 heavy (non-hydrogen) atoms. The van der Waals surface area contributed by atoms with Gasteiger partial charge in [0.25, 0.3) is 0 Å². The lowest BCUT2D eigenvalue weighted by atomic mass is 9.96. The second kappa shape index (κ2) is 6.15. The summed E-state index contributed by atoms with van der Waals surface area (Å²) in [5.41, 5.74) is 7.17. The first-order chi connectivity index (χ1) is 12.1. The van der Waals surface area contributed by atoms with Gasteiger partial charge in [-0.15, -0.1) is 0 Å². The van der Waals surface area contributed by atoms with Crippen LogP contribution in [0.15, 0.2) is 40.9 Å². The van der Waals surface area contributed by atoms with Crippen molar-refractivity contribution in [2.75, 3.05) is 7.11 Å². The topological polar surface area (TPSA) is 74.2 Å². The molecule has 1 atom stereocenters. The van der Waals surface area contributed by atoms with E-state index in [2.05, 4.69) is 41.3 Å². The van der Waals surface area contributed by atoms with Crippen molar-refractivity contribution in [3.63, 3.8) is 0 Å². The van der Waals surface area contributed by atoms with Gasteiger partial charge in [-0.25, -0.2) is 0 Å². The SMILES string of the molecule is COc1ccc2cc(C(C)c3nc(C4(N)CCCC4)no3)ccc2c1. The number of rotatable bonds is 4. The maximum absolute atomic E-state index is 6.44. The number of methoxy groups -OCH3 is 1. The highest BCUT2D eigenvalue weighted by Crippen LogP contribution is 2.36. The minimum atomic E-state index is -0.415. The highest BCUT2D eigenvalue weighted by atomic mass is 16.5. The van der Waals surface area contributed by atoms with Gasteiger partial charge in [0.2, 0.25) is 5.89 Å². The van der Waals surface area contributed by atoms with Gasteiger partial charge in [0.05, 0.1) is 18.6 Å². The van der Waals surface area contributed by atoms with E-state index in [1.54, 1.807) is 7.11 Å². The molecular formula is C20H23N3O2. The molecule has 0 aliphatic heterocycles. The number of nitrogens with zero attached hydrogens (tertiary/aromatic N) is 2. The maximum Gasteiger partial charge on any atom is 0.233 e. The summed E-state index contributed by atoms with van der Waals surface area (Å²) >= 11 is 0. The molecule has 0 spiro atoms. The molecule has 3 aromatic rings. The quantitative estimate of drug-likeness (QED) is 0.775. The first-order valence-electron chi connectivity index (χ1n) is 8.80. The van der Waals surface area contributed by atoms with Crippen LogP contribution < -0.4 is 10.5 Å². The van der Waals surface area contributed by atoms with Crippen LogP contribution in [0, 0.1) is 0 Å². The number of ether oxygens (including phenoxy) is 1. The molecule has 0 amide bonds. The number of benzene rings is 2. The van der Waals surface area contributed by atoms with Crippen molar-refractivity contribution in [3.05, 3.63) is 53.7 Å². The zero-order chi connectivity index (χ0) is 17.4. The molecule has 5 heteroatoms. The maximum atomic E-state index is 6.44. The lowest BCUT2D eigenvalue weighted by Crippen LogP contribution is -2.34. The Bertz CT molecular complexity index is 897. The van der Waals surface area contributed by atoms with Crippen LogP contribution in [0.2, 0.25) is 0 Å². The molecule has 130 valence electrons. The van der Waals surface area contributed by atoms with Crippen molar-refractivity contribution in [3.8, 4) is 5.75 Å². The third kappa shape index (κ3) is 2.89. The zero-order valence-corrected chi connectivity index (χ0v) is 14.7. The van der Waals surface area contributed by atoms with Crippen molar-refractivity contribution in [1.82, 2.24) is 10.1 Å². The third-order valence-corrected chi connectivity index (χ3v) is 5.32. The van der Waals surface area contributed by atoms with Crippen LogP contribution in [0.4, 0.5) is 0 Å². The lowest BCUT2D eigenvalue weighted by molar-refractivity contribution is 0.344.